The number of ether oxygens (including phenoxy) is 2. The van der Waals surface area contributed by atoms with Gasteiger partial charge >= 0.3 is 0 Å². The van der Waals surface area contributed by atoms with Gasteiger partial charge in [0.05, 0.1) is 11.9 Å². The van der Waals surface area contributed by atoms with Crippen molar-refractivity contribution in [2.75, 3.05) is 11.9 Å². The fraction of sp³-hybridized carbons (Fsp3) is 1.00. The van der Waals surface area contributed by atoms with Gasteiger partial charge in [0.15, 0.2) is 0 Å². The van der Waals surface area contributed by atoms with Crippen LogP contribution in [0.3, 0.4) is 0 Å². The number of rotatable bonds is 0. The molecule has 2 saturated heterocycles. The molecule has 46 valence electrons. The maximum atomic E-state index is 5.28. The van der Waals surface area contributed by atoms with Crippen LogP contribution in [0.4, 0.5) is 0 Å². The summed E-state index contributed by atoms with van der Waals surface area (Å²) in [4.78, 5) is 0. The van der Waals surface area contributed by atoms with Gasteiger partial charge in [0, 0.05) is 0 Å². The molecule has 0 saturated carbocycles. The van der Waals surface area contributed by atoms with Crippen LogP contribution in [-0.4, -0.2) is 22.7 Å². The van der Waals surface area contributed by atoms with Crippen LogP contribution in [0.25, 0.3) is 0 Å². The summed E-state index contributed by atoms with van der Waals surface area (Å²) in [5.41, 5.74) is 0.667. The molecule has 0 radical (unpaired) electrons. The highest BCUT2D eigenvalue weighted by atomic mass is 32.2. The smallest absolute Gasteiger partial charge is 0.142 e. The first kappa shape index (κ1) is 5.41. The molecule has 0 aliphatic carbocycles. The molecule has 2 heterocycles. The van der Waals surface area contributed by atoms with Crippen molar-refractivity contribution in [2.45, 2.75) is 10.9 Å². The molecule has 2 atom stereocenters. The second-order valence-electron chi connectivity index (χ2n) is 1.64. The molecule has 0 spiro atoms. The van der Waals surface area contributed by atoms with Gasteiger partial charge in [-0.15, -0.1) is 0 Å². The summed E-state index contributed by atoms with van der Waals surface area (Å²) in [5, 5.41) is 0. The van der Waals surface area contributed by atoms with Crippen molar-refractivity contribution in [3.8, 4) is 0 Å². The zero-order chi connectivity index (χ0) is 5.40. The van der Waals surface area contributed by atoms with E-state index in [4.69, 9.17) is 9.47 Å². The highest BCUT2D eigenvalue weighted by Gasteiger charge is 2.34. The number of hydrogen-bond acceptors (Lipinski definition) is 4. The van der Waals surface area contributed by atoms with Gasteiger partial charge in [-0.05, 0) is 0 Å². The molecule has 0 bridgehead atoms. The summed E-state index contributed by atoms with van der Waals surface area (Å²) in [7, 11) is 0. The lowest BCUT2D eigenvalue weighted by molar-refractivity contribution is 0.0917. The van der Waals surface area contributed by atoms with Gasteiger partial charge in [0.1, 0.15) is 10.9 Å². The van der Waals surface area contributed by atoms with Crippen molar-refractivity contribution < 1.29 is 9.47 Å². The largest absolute Gasteiger partial charge is 0.353 e. The Kier molecular flexibility index (Phi) is 1.42. The van der Waals surface area contributed by atoms with Crippen LogP contribution in [0.1, 0.15) is 0 Å². The van der Waals surface area contributed by atoms with Gasteiger partial charge < -0.3 is 9.47 Å². The first-order valence-electron chi connectivity index (χ1n) is 2.43. The Morgan fingerprint density at radius 1 is 1.00 bits per heavy atom. The molecule has 2 aliphatic rings. The van der Waals surface area contributed by atoms with Crippen LogP contribution >= 0.6 is 23.5 Å². The molecule has 2 unspecified atom stereocenters. The Balaban J connectivity index is 2.04. The zero-order valence-electron chi connectivity index (χ0n) is 4.20. The average Bonchev–Trinajstić information content (AvgIpc) is 2.15. The minimum atomic E-state index is 0.333. The van der Waals surface area contributed by atoms with Crippen molar-refractivity contribution in [1.29, 1.82) is 0 Å². The summed E-state index contributed by atoms with van der Waals surface area (Å²) in [5.74, 6) is 1.62. The average molecular weight is 150 g/mol. The second-order valence-corrected chi connectivity index (χ2v) is 3.71. The van der Waals surface area contributed by atoms with E-state index in [0.717, 1.165) is 11.9 Å². The Hall–Kier alpha value is 0.620. The van der Waals surface area contributed by atoms with Gasteiger partial charge in [-0.2, -0.15) is 0 Å². The predicted octanol–water partition coefficient (Wildman–Crippen LogP) is 1.08. The first-order valence-corrected chi connectivity index (χ1v) is 4.53. The molecule has 2 fully saturated rings. The summed E-state index contributed by atoms with van der Waals surface area (Å²) in [6, 6.07) is 0. The molecule has 8 heavy (non-hydrogen) atoms. The minimum Gasteiger partial charge on any atom is -0.353 e. The molecule has 2 rings (SSSR count). The van der Waals surface area contributed by atoms with E-state index in [2.05, 4.69) is 0 Å². The van der Waals surface area contributed by atoms with Crippen molar-refractivity contribution in [2.24, 2.45) is 0 Å². The molecular weight excluding hydrogens is 144 g/mol. The van der Waals surface area contributed by atoms with Crippen LogP contribution < -0.4 is 0 Å². The highest BCUT2D eigenvalue weighted by molar-refractivity contribution is 8.04. The zero-order valence-corrected chi connectivity index (χ0v) is 5.83. The number of hydrogen-bond donors (Lipinski definition) is 0. The normalized spacial score (nSPS) is 45.0. The lowest BCUT2D eigenvalue weighted by atomic mass is 10.8. The van der Waals surface area contributed by atoms with Crippen LogP contribution in [0.2, 0.25) is 0 Å². The summed E-state index contributed by atoms with van der Waals surface area (Å²) < 4.78 is 10.6. The molecule has 0 amide bonds. The Bertz CT molecular complexity index is 78.0. The molecule has 2 nitrogen and oxygen atoms in total. The fourth-order valence-corrected chi connectivity index (χ4v) is 2.92. The second kappa shape index (κ2) is 2.10. The van der Waals surface area contributed by atoms with Crippen LogP contribution in [0, 0.1) is 0 Å². The summed E-state index contributed by atoms with van der Waals surface area (Å²) in [6.07, 6.45) is 0. The van der Waals surface area contributed by atoms with E-state index in [1.54, 1.807) is 23.5 Å². The Morgan fingerprint density at radius 3 is 2.00 bits per heavy atom. The van der Waals surface area contributed by atoms with E-state index in [1.165, 1.54) is 0 Å². The standard InChI is InChI=1S/C4H6O2S2/c1-5-3-4(7-1)6-2-8-3/h3-4H,1-2H2. The predicted molar refractivity (Wildman–Crippen MR) is 34.7 cm³/mol. The quantitative estimate of drug-likeness (QED) is 0.514. The third-order valence-electron chi connectivity index (χ3n) is 1.15. The Morgan fingerprint density at radius 2 is 1.50 bits per heavy atom. The summed E-state index contributed by atoms with van der Waals surface area (Å²) >= 11 is 3.50. The van der Waals surface area contributed by atoms with E-state index in [1.807, 2.05) is 0 Å². The Labute approximate surface area is 56.3 Å². The molecule has 2 aliphatic heterocycles. The third kappa shape index (κ3) is 0.757. The molecular formula is C4H6O2S2. The van der Waals surface area contributed by atoms with Gasteiger partial charge in [-0.25, -0.2) is 0 Å². The molecule has 0 aromatic carbocycles. The molecule has 0 aromatic heterocycles. The highest BCUT2D eigenvalue weighted by Crippen LogP contribution is 2.39. The van der Waals surface area contributed by atoms with Crippen LogP contribution in [-0.2, 0) is 9.47 Å². The van der Waals surface area contributed by atoms with Crippen LogP contribution in [0.15, 0.2) is 0 Å². The molecule has 0 N–H and O–H groups in total. The number of thioether (sulfide) groups is 2. The topological polar surface area (TPSA) is 18.5 Å². The van der Waals surface area contributed by atoms with Crippen molar-refractivity contribution in [1.82, 2.24) is 0 Å². The van der Waals surface area contributed by atoms with Crippen LogP contribution in [0.5, 0.6) is 0 Å². The SMILES string of the molecule is C1OC2SCOC2S1. The third-order valence-corrected chi connectivity index (χ3v) is 3.29. The van der Waals surface area contributed by atoms with E-state index < -0.39 is 0 Å². The van der Waals surface area contributed by atoms with E-state index in [-0.39, 0.29) is 0 Å². The maximum Gasteiger partial charge on any atom is 0.142 e. The van der Waals surface area contributed by atoms with Gasteiger partial charge in [-0.3, -0.25) is 0 Å². The van der Waals surface area contributed by atoms with E-state index in [9.17, 15) is 0 Å². The van der Waals surface area contributed by atoms with E-state index >= 15 is 0 Å². The van der Waals surface area contributed by atoms with Gasteiger partial charge in [-0.1, -0.05) is 23.5 Å². The summed E-state index contributed by atoms with van der Waals surface area (Å²) in [6.45, 7) is 0. The van der Waals surface area contributed by atoms with Crippen molar-refractivity contribution >= 4 is 23.5 Å². The molecule has 0 aromatic rings. The first-order chi connectivity index (χ1) is 3.97. The van der Waals surface area contributed by atoms with Crippen molar-refractivity contribution in [3.63, 3.8) is 0 Å². The minimum absolute atomic E-state index is 0.333. The lowest BCUT2D eigenvalue weighted by Crippen LogP contribution is -2.08. The van der Waals surface area contributed by atoms with Crippen molar-refractivity contribution in [3.05, 3.63) is 0 Å². The molecule has 4 heteroatoms. The lowest BCUT2D eigenvalue weighted by Gasteiger charge is -2.00. The number of fused-ring (bicyclic) bond motifs is 1. The van der Waals surface area contributed by atoms with E-state index in [0.29, 0.717) is 10.9 Å². The van der Waals surface area contributed by atoms with Gasteiger partial charge in [0.25, 0.3) is 0 Å². The monoisotopic (exact) mass is 150 g/mol. The fourth-order valence-electron chi connectivity index (χ4n) is 0.757. The van der Waals surface area contributed by atoms with Gasteiger partial charge in [0.2, 0.25) is 0 Å². The maximum absolute atomic E-state index is 5.28.